The third kappa shape index (κ3) is 5.51. The lowest BCUT2D eigenvalue weighted by Crippen LogP contribution is -2.26. The minimum Gasteiger partial charge on any atom is -0.455 e. The number of hydrogen-bond donors (Lipinski definition) is 0. The molecule has 2 aliphatic carbocycles. The largest absolute Gasteiger partial charge is 0.455 e. The Balaban J connectivity index is 0.975. The Bertz CT molecular complexity index is 3730. The van der Waals surface area contributed by atoms with Crippen LogP contribution in [0, 0.1) is 0 Å². The van der Waals surface area contributed by atoms with Crippen molar-refractivity contribution in [2.45, 2.75) is 5.41 Å². The van der Waals surface area contributed by atoms with Crippen LogP contribution in [0.4, 0.5) is 17.1 Å². The molecule has 0 unspecified atom stereocenters. The van der Waals surface area contributed by atoms with E-state index in [1.165, 1.54) is 66.8 Å². The Kier molecular flexibility index (Phi) is 8.23. The van der Waals surface area contributed by atoms with Crippen molar-refractivity contribution in [2.24, 2.45) is 0 Å². The minimum absolute atomic E-state index is 0.454. The van der Waals surface area contributed by atoms with Crippen LogP contribution in [0.15, 0.2) is 249 Å². The molecule has 1 heterocycles. The first kappa shape index (κ1) is 37.6. The highest BCUT2D eigenvalue weighted by molar-refractivity contribution is 6.05. The van der Waals surface area contributed by atoms with Crippen LogP contribution >= 0.6 is 0 Å². The van der Waals surface area contributed by atoms with Crippen LogP contribution in [0.3, 0.4) is 0 Å². The van der Waals surface area contributed by atoms with Crippen molar-refractivity contribution < 1.29 is 4.74 Å². The maximum atomic E-state index is 7.11. The van der Waals surface area contributed by atoms with Gasteiger partial charge in [-0.25, -0.2) is 0 Å². The summed E-state index contributed by atoms with van der Waals surface area (Å²) in [5, 5.41) is 2.17. The normalized spacial score (nSPS) is 13.0. The fourth-order valence-corrected chi connectivity index (χ4v) is 11.6. The van der Waals surface area contributed by atoms with E-state index in [0.29, 0.717) is 0 Å². The first-order chi connectivity index (χ1) is 33.2. The molecule has 11 aromatic rings. The van der Waals surface area contributed by atoms with Gasteiger partial charge in [-0.15, -0.1) is 0 Å². The zero-order valence-electron chi connectivity index (χ0n) is 36.5. The van der Waals surface area contributed by atoms with Crippen LogP contribution in [-0.4, -0.2) is 0 Å². The van der Waals surface area contributed by atoms with Crippen molar-refractivity contribution in [1.29, 1.82) is 0 Å². The molecule has 1 aliphatic heterocycles. The Hall–Kier alpha value is -8.72. The van der Waals surface area contributed by atoms with E-state index < -0.39 is 5.41 Å². The second-order valence-electron chi connectivity index (χ2n) is 17.9. The zero-order chi connectivity index (χ0) is 44.1. The highest BCUT2D eigenvalue weighted by Gasteiger charge is 2.52. The Morgan fingerprint density at radius 2 is 0.836 bits per heavy atom. The molecular weight excluding hydrogens is 811 g/mol. The van der Waals surface area contributed by atoms with E-state index in [9.17, 15) is 0 Å². The summed E-state index contributed by atoms with van der Waals surface area (Å²) in [6.07, 6.45) is 0. The average molecular weight is 852 g/mol. The monoisotopic (exact) mass is 851 g/mol. The summed E-state index contributed by atoms with van der Waals surface area (Å²) in [6, 6.07) is 91.1. The maximum absolute atomic E-state index is 7.11. The van der Waals surface area contributed by atoms with Crippen molar-refractivity contribution in [1.82, 2.24) is 0 Å². The predicted octanol–water partition coefficient (Wildman–Crippen LogP) is 17.4. The lowest BCUT2D eigenvalue weighted by Gasteiger charge is -2.32. The second kappa shape index (κ2) is 14.7. The number of nitrogens with zero attached hydrogens (tertiary/aromatic N) is 1. The summed E-state index contributed by atoms with van der Waals surface area (Å²) in [6.45, 7) is 0. The molecule has 0 N–H and O–H groups in total. The van der Waals surface area contributed by atoms with Crippen LogP contribution < -0.4 is 9.64 Å². The van der Waals surface area contributed by atoms with Gasteiger partial charge in [0.1, 0.15) is 11.5 Å². The minimum atomic E-state index is -0.454. The van der Waals surface area contributed by atoms with Gasteiger partial charge in [-0.1, -0.05) is 194 Å². The van der Waals surface area contributed by atoms with Crippen molar-refractivity contribution in [2.75, 3.05) is 4.90 Å². The van der Waals surface area contributed by atoms with Crippen molar-refractivity contribution in [3.63, 3.8) is 0 Å². The third-order valence-electron chi connectivity index (χ3n) is 14.5. The number of ether oxygens (including phenoxy) is 1. The molecule has 0 saturated carbocycles. The molecule has 312 valence electrons. The van der Waals surface area contributed by atoms with E-state index in [1.807, 2.05) is 0 Å². The van der Waals surface area contributed by atoms with Gasteiger partial charge >= 0.3 is 0 Å². The van der Waals surface area contributed by atoms with E-state index >= 15 is 0 Å². The third-order valence-corrected chi connectivity index (χ3v) is 14.5. The predicted molar refractivity (Wildman–Crippen MR) is 277 cm³/mol. The van der Waals surface area contributed by atoms with Crippen LogP contribution in [0.25, 0.3) is 77.5 Å². The summed E-state index contributed by atoms with van der Waals surface area (Å²) < 4.78 is 7.11. The smallest absolute Gasteiger partial charge is 0.143 e. The number of anilines is 3. The van der Waals surface area contributed by atoms with Crippen LogP contribution in [0.1, 0.15) is 22.3 Å². The van der Waals surface area contributed by atoms with Crippen molar-refractivity contribution >= 4 is 27.8 Å². The van der Waals surface area contributed by atoms with Gasteiger partial charge in [0.25, 0.3) is 0 Å². The maximum Gasteiger partial charge on any atom is 0.143 e. The molecule has 11 aromatic carbocycles. The van der Waals surface area contributed by atoms with E-state index in [4.69, 9.17) is 4.74 Å². The van der Waals surface area contributed by atoms with Gasteiger partial charge in [-0.05, 0) is 132 Å². The zero-order valence-corrected chi connectivity index (χ0v) is 36.5. The topological polar surface area (TPSA) is 12.5 Å². The first-order valence-corrected chi connectivity index (χ1v) is 23.2. The molecule has 0 amide bonds. The Labute approximate surface area is 390 Å². The molecule has 2 nitrogen and oxygen atoms in total. The van der Waals surface area contributed by atoms with Gasteiger partial charge in [0.15, 0.2) is 0 Å². The molecule has 0 radical (unpaired) electrons. The molecule has 14 rings (SSSR count). The molecule has 3 aliphatic rings. The van der Waals surface area contributed by atoms with E-state index in [2.05, 4.69) is 254 Å². The van der Waals surface area contributed by atoms with Gasteiger partial charge in [0.2, 0.25) is 0 Å². The first-order valence-electron chi connectivity index (χ1n) is 23.2. The fourth-order valence-electron chi connectivity index (χ4n) is 11.6. The number of rotatable bonds is 5. The highest BCUT2D eigenvalue weighted by Crippen LogP contribution is 2.65. The van der Waals surface area contributed by atoms with E-state index in [0.717, 1.165) is 61.6 Å². The summed E-state index contributed by atoms with van der Waals surface area (Å²) in [5.41, 5.74) is 22.5. The molecule has 1 spiro atoms. The molecule has 0 atom stereocenters. The Morgan fingerprint density at radius 1 is 0.313 bits per heavy atom. The lowest BCUT2D eigenvalue weighted by molar-refractivity contribution is 0.493. The van der Waals surface area contributed by atoms with E-state index in [1.54, 1.807) is 0 Å². The average Bonchev–Trinajstić information content (AvgIpc) is 3.82. The number of benzene rings is 11. The summed E-state index contributed by atoms with van der Waals surface area (Å²) >= 11 is 0. The molecule has 0 fully saturated rings. The molecule has 0 saturated heterocycles. The summed E-state index contributed by atoms with van der Waals surface area (Å²) in [7, 11) is 0. The second-order valence-corrected chi connectivity index (χ2v) is 17.9. The summed E-state index contributed by atoms with van der Waals surface area (Å²) in [5.74, 6) is 1.72. The van der Waals surface area contributed by atoms with Gasteiger partial charge in [0, 0.05) is 33.5 Å². The molecule has 0 aromatic heterocycles. The number of hydrogen-bond acceptors (Lipinski definition) is 2. The van der Waals surface area contributed by atoms with Crippen LogP contribution in [-0.2, 0) is 5.41 Å². The SMILES string of the molecule is c1ccc(-c2ccc(N(c3ccc4c5c(ccc4c3)-c3ccccc3-c3cc(-c4ccccc4)ccc3O5)c3cccc4c3-c3ccccc3C43c4ccccc4-c4ccccc43)cc2)cc1. The van der Waals surface area contributed by atoms with Gasteiger partial charge in [0.05, 0.1) is 11.1 Å². The highest BCUT2D eigenvalue weighted by atomic mass is 16.5. The number of fused-ring (bicyclic) bond motifs is 17. The van der Waals surface area contributed by atoms with E-state index in [-0.39, 0.29) is 0 Å². The molecule has 0 bridgehead atoms. The summed E-state index contributed by atoms with van der Waals surface area (Å²) in [4.78, 5) is 2.47. The fraction of sp³-hybridized carbons (Fsp3) is 0.0154. The van der Waals surface area contributed by atoms with Crippen LogP contribution in [0.2, 0.25) is 0 Å². The van der Waals surface area contributed by atoms with Crippen LogP contribution in [0.5, 0.6) is 11.5 Å². The van der Waals surface area contributed by atoms with Crippen molar-refractivity contribution in [3.8, 4) is 78.3 Å². The lowest BCUT2D eigenvalue weighted by atomic mass is 9.70. The molecule has 67 heavy (non-hydrogen) atoms. The van der Waals surface area contributed by atoms with Gasteiger partial charge < -0.3 is 9.64 Å². The molecular formula is C65H41NO. The standard InChI is InChI=1S/C65H41NO/c1-3-16-42(17-4-1)44-30-34-47(35-31-44)66(61-29-15-28-60-63(61)55-24-11-14-27-59(55)65(60)57-25-12-9-22-52(57)53-23-10-13-26-58(53)65)48-36-38-49-46(40-48)32-37-54-50-20-7-8-21-51(50)56-41-45(43-18-5-2-6-19-43)33-39-62(56)67-64(49)54/h1-41H. The van der Waals surface area contributed by atoms with Gasteiger partial charge in [-0.3, -0.25) is 0 Å². The Morgan fingerprint density at radius 3 is 1.52 bits per heavy atom. The quantitative estimate of drug-likeness (QED) is 0.171. The van der Waals surface area contributed by atoms with Crippen molar-refractivity contribution in [3.05, 3.63) is 271 Å². The van der Waals surface area contributed by atoms with Gasteiger partial charge in [-0.2, -0.15) is 0 Å². The molecule has 2 heteroatoms.